The summed E-state index contributed by atoms with van der Waals surface area (Å²) >= 11 is 0. The molecule has 1 aromatic carbocycles. The normalized spacial score (nSPS) is 32.4. The van der Waals surface area contributed by atoms with Gasteiger partial charge in [-0.25, -0.2) is 0 Å². The minimum Gasteiger partial charge on any atom is -0.295 e. The van der Waals surface area contributed by atoms with Crippen LogP contribution >= 0.6 is 0 Å². The molecular weight excluding hydrogens is 418 g/mol. The average Bonchev–Trinajstić information content (AvgIpc) is 3.21. The van der Waals surface area contributed by atoms with Gasteiger partial charge in [-0.1, -0.05) is 81.3 Å². The van der Waals surface area contributed by atoms with Crippen molar-refractivity contribution in [2.24, 2.45) is 28.3 Å². The van der Waals surface area contributed by atoms with Crippen LogP contribution in [0.4, 0.5) is 0 Å². The number of allylic oxidation sites excluding steroid dienone is 4. The van der Waals surface area contributed by atoms with Gasteiger partial charge in [0, 0.05) is 12.3 Å². The van der Waals surface area contributed by atoms with Crippen LogP contribution in [0.15, 0.2) is 58.3 Å². The molecule has 3 heteroatoms. The standard InChI is InChI=1S/C29H35NO2.C2H6/c1-3-22-11-15-27-25-13-10-21-17-23(31)12-14-24(21)28(25)26(18-29(22,27)2)20-8-6-19(7-9-20)5-4-16-30-32;1-2/h4-9,17,22,25-27H,3,10-16,18H2,1-2H3;1-2H3/b5-4+;. The third-order valence-electron chi connectivity index (χ3n) is 9.25. The Morgan fingerprint density at radius 2 is 1.82 bits per heavy atom. The van der Waals surface area contributed by atoms with Gasteiger partial charge < -0.3 is 0 Å². The lowest BCUT2D eigenvalue weighted by Gasteiger charge is -2.53. The van der Waals surface area contributed by atoms with Crippen LogP contribution < -0.4 is 0 Å². The summed E-state index contributed by atoms with van der Waals surface area (Å²) in [7, 11) is 0. The number of nitrogens with zero attached hydrogens (tertiary/aromatic N) is 1. The van der Waals surface area contributed by atoms with Gasteiger partial charge in [0.15, 0.2) is 5.78 Å². The first-order chi connectivity index (χ1) is 16.5. The third-order valence-corrected chi connectivity index (χ3v) is 9.25. The molecule has 0 bridgehead atoms. The summed E-state index contributed by atoms with van der Waals surface area (Å²) in [6.07, 6.45) is 14.9. The largest absolute Gasteiger partial charge is 0.295 e. The van der Waals surface area contributed by atoms with Crippen molar-refractivity contribution >= 4 is 11.9 Å². The lowest BCUT2D eigenvalue weighted by atomic mass is 9.52. The summed E-state index contributed by atoms with van der Waals surface area (Å²) in [5.74, 6) is 3.06. The molecule has 0 heterocycles. The number of hydrogen-bond donors (Lipinski definition) is 0. The highest BCUT2D eigenvalue weighted by Crippen LogP contribution is 2.66. The van der Waals surface area contributed by atoms with Gasteiger partial charge >= 0.3 is 0 Å². The van der Waals surface area contributed by atoms with Crippen LogP contribution in [-0.4, -0.2) is 12.3 Å². The van der Waals surface area contributed by atoms with Crippen molar-refractivity contribution in [3.63, 3.8) is 0 Å². The van der Waals surface area contributed by atoms with Crippen LogP contribution in [0.25, 0.3) is 6.08 Å². The fraction of sp³-hybridized carbons (Fsp3) is 0.581. The van der Waals surface area contributed by atoms with Crippen LogP contribution in [0.1, 0.15) is 96.1 Å². The Kier molecular flexibility index (Phi) is 7.70. The van der Waals surface area contributed by atoms with E-state index in [2.05, 4.69) is 43.3 Å². The molecule has 0 N–H and O–H groups in total. The molecule has 3 nitrogen and oxygen atoms in total. The van der Waals surface area contributed by atoms with E-state index < -0.39 is 0 Å². The zero-order valence-corrected chi connectivity index (χ0v) is 21.5. The lowest BCUT2D eigenvalue weighted by Crippen LogP contribution is -2.43. The summed E-state index contributed by atoms with van der Waals surface area (Å²) in [5, 5.41) is 2.91. The van der Waals surface area contributed by atoms with E-state index in [1.807, 2.05) is 32.1 Å². The fourth-order valence-corrected chi connectivity index (χ4v) is 7.80. The molecule has 0 radical (unpaired) electrons. The second-order valence-electron chi connectivity index (χ2n) is 10.6. The van der Waals surface area contributed by atoms with Crippen LogP contribution in [-0.2, 0) is 4.79 Å². The van der Waals surface area contributed by atoms with Crippen molar-refractivity contribution in [3.8, 4) is 0 Å². The van der Waals surface area contributed by atoms with Gasteiger partial charge in [-0.15, -0.1) is 0 Å². The first-order valence-corrected chi connectivity index (χ1v) is 13.6. The Morgan fingerprint density at radius 1 is 1.06 bits per heavy atom. The van der Waals surface area contributed by atoms with Crippen molar-refractivity contribution in [1.29, 1.82) is 0 Å². The molecule has 2 fully saturated rings. The predicted octanol–water partition coefficient (Wildman–Crippen LogP) is 8.42. The Balaban J connectivity index is 0.00000133. The summed E-state index contributed by atoms with van der Waals surface area (Å²) < 4.78 is 0. The number of fused-ring (bicyclic) bond motifs is 4. The van der Waals surface area contributed by atoms with E-state index in [4.69, 9.17) is 0 Å². The molecule has 0 aromatic heterocycles. The van der Waals surface area contributed by atoms with E-state index in [-0.39, 0.29) is 6.54 Å². The number of nitroso groups, excluding NO2 is 1. The quantitative estimate of drug-likeness (QED) is 0.415. The fourth-order valence-electron chi connectivity index (χ4n) is 7.80. The molecule has 5 atom stereocenters. The zero-order valence-electron chi connectivity index (χ0n) is 21.5. The molecule has 0 amide bonds. The van der Waals surface area contributed by atoms with Crippen LogP contribution in [0.3, 0.4) is 0 Å². The van der Waals surface area contributed by atoms with Gasteiger partial charge in [-0.05, 0) is 90.0 Å². The van der Waals surface area contributed by atoms with E-state index in [0.29, 0.717) is 29.5 Å². The maximum Gasteiger partial charge on any atom is 0.156 e. The van der Waals surface area contributed by atoms with Crippen molar-refractivity contribution in [2.75, 3.05) is 6.54 Å². The van der Waals surface area contributed by atoms with Crippen LogP contribution in [0.5, 0.6) is 0 Å². The number of carbonyl (C=O) groups is 1. The van der Waals surface area contributed by atoms with Gasteiger partial charge in [-0.3, -0.25) is 4.79 Å². The second-order valence-corrected chi connectivity index (χ2v) is 10.6. The molecule has 4 aliphatic carbocycles. The van der Waals surface area contributed by atoms with Gasteiger partial charge in [0.1, 0.15) is 0 Å². The van der Waals surface area contributed by atoms with Gasteiger partial charge in [0.2, 0.25) is 0 Å². The monoisotopic (exact) mass is 459 g/mol. The van der Waals surface area contributed by atoms with Gasteiger partial charge in [0.05, 0.1) is 6.54 Å². The average molecular weight is 460 g/mol. The van der Waals surface area contributed by atoms with Gasteiger partial charge in [-0.2, -0.15) is 4.91 Å². The topological polar surface area (TPSA) is 46.5 Å². The molecule has 0 spiro atoms. The van der Waals surface area contributed by atoms with E-state index in [0.717, 1.165) is 30.2 Å². The van der Waals surface area contributed by atoms with Crippen LogP contribution in [0, 0.1) is 28.1 Å². The van der Waals surface area contributed by atoms with Gasteiger partial charge in [0.25, 0.3) is 0 Å². The SMILES string of the molecule is CC.CCC1CCC2C3CCC4=CC(=O)CCC4=C3C(c3ccc(/C=C/CN=O)cc3)CC12C. The highest BCUT2D eigenvalue weighted by molar-refractivity contribution is 5.93. The number of carbonyl (C=O) groups excluding carboxylic acids is 1. The molecule has 5 unspecified atom stereocenters. The first-order valence-electron chi connectivity index (χ1n) is 13.6. The van der Waals surface area contributed by atoms with Crippen LogP contribution in [0.2, 0.25) is 0 Å². The van der Waals surface area contributed by atoms with Crippen molar-refractivity contribution in [1.82, 2.24) is 0 Å². The highest BCUT2D eigenvalue weighted by Gasteiger charge is 2.55. The first kappa shape index (κ1) is 24.8. The second kappa shape index (κ2) is 10.5. The molecule has 1 aromatic rings. The summed E-state index contributed by atoms with van der Waals surface area (Å²) in [6.45, 7) is 9.19. The molecule has 2 saturated carbocycles. The molecule has 34 heavy (non-hydrogen) atoms. The molecule has 0 aliphatic heterocycles. The summed E-state index contributed by atoms with van der Waals surface area (Å²) in [6, 6.07) is 8.96. The lowest BCUT2D eigenvalue weighted by molar-refractivity contribution is -0.114. The third kappa shape index (κ3) is 4.39. The van der Waals surface area contributed by atoms with E-state index in [9.17, 15) is 9.70 Å². The molecular formula is C31H41NO2. The maximum absolute atomic E-state index is 12.2. The Hall–Kier alpha value is -2.29. The number of ketones is 1. The van der Waals surface area contributed by atoms with Crippen molar-refractivity contribution < 1.29 is 4.79 Å². The molecule has 182 valence electrons. The number of rotatable bonds is 5. The summed E-state index contributed by atoms with van der Waals surface area (Å²) in [4.78, 5) is 22.5. The zero-order chi connectivity index (χ0) is 24.3. The maximum atomic E-state index is 12.2. The van der Waals surface area contributed by atoms with E-state index >= 15 is 0 Å². The Morgan fingerprint density at radius 3 is 2.53 bits per heavy atom. The molecule has 5 rings (SSSR count). The Bertz CT molecular complexity index is 999. The predicted molar refractivity (Wildman–Crippen MR) is 142 cm³/mol. The van der Waals surface area contributed by atoms with E-state index in [1.54, 1.807) is 5.57 Å². The van der Waals surface area contributed by atoms with Crippen molar-refractivity contribution in [3.05, 3.63) is 69.2 Å². The minimum absolute atomic E-state index is 0.217. The minimum atomic E-state index is 0.217. The summed E-state index contributed by atoms with van der Waals surface area (Å²) in [5.41, 5.74) is 7.51. The molecule has 4 aliphatic rings. The smallest absolute Gasteiger partial charge is 0.156 e. The number of benzene rings is 1. The Labute approximate surface area is 205 Å². The highest BCUT2D eigenvalue weighted by atomic mass is 16.3. The van der Waals surface area contributed by atoms with E-state index in [1.165, 1.54) is 48.8 Å². The molecule has 0 saturated heterocycles. The van der Waals surface area contributed by atoms with Crippen molar-refractivity contribution in [2.45, 2.75) is 85.0 Å². The number of hydrogen-bond acceptors (Lipinski definition) is 3.